The molecule has 0 saturated carbocycles. The van der Waals surface area contributed by atoms with Crippen molar-refractivity contribution >= 4 is 11.0 Å². The number of hydrogen-bond donors (Lipinski definition) is 2. The van der Waals surface area contributed by atoms with Crippen molar-refractivity contribution < 1.29 is 13.5 Å². The number of nitrogens with zero attached hydrogens (tertiary/aromatic N) is 4. The molecule has 0 unspecified atom stereocenters. The normalized spacial score (nSPS) is 11.5. The maximum Gasteiger partial charge on any atom is 0.388 e. The zero-order valence-corrected chi connectivity index (χ0v) is 12.5. The molecule has 0 saturated heterocycles. The van der Waals surface area contributed by atoms with Crippen molar-refractivity contribution in [2.24, 2.45) is 7.05 Å². The van der Waals surface area contributed by atoms with Crippen LogP contribution in [0.5, 0.6) is 5.88 Å². The molecule has 0 amide bonds. The molecule has 0 fully saturated rings. The molecule has 0 aliphatic carbocycles. The maximum atomic E-state index is 12.7. The highest BCUT2D eigenvalue weighted by Gasteiger charge is 2.23. The molecule has 7 nitrogen and oxygen atoms in total. The molecular formula is C15H12F2N6O. The summed E-state index contributed by atoms with van der Waals surface area (Å²) in [6.45, 7) is -2.96. The monoisotopic (exact) mass is 330 g/mol. The van der Waals surface area contributed by atoms with Crippen molar-refractivity contribution in [1.82, 2.24) is 29.9 Å². The van der Waals surface area contributed by atoms with Crippen molar-refractivity contribution in [2.75, 3.05) is 0 Å². The van der Waals surface area contributed by atoms with Crippen molar-refractivity contribution in [3.05, 3.63) is 36.9 Å². The van der Waals surface area contributed by atoms with Gasteiger partial charge in [0, 0.05) is 42.2 Å². The van der Waals surface area contributed by atoms with E-state index in [0.29, 0.717) is 22.5 Å². The first-order chi connectivity index (χ1) is 11.6. The Bertz CT molecular complexity index is 989. The molecule has 122 valence electrons. The summed E-state index contributed by atoms with van der Waals surface area (Å²) in [7, 11) is 1.65. The largest absolute Gasteiger partial charge is 0.415 e. The van der Waals surface area contributed by atoms with Crippen LogP contribution < -0.4 is 4.74 Å². The van der Waals surface area contributed by atoms with Gasteiger partial charge in [-0.05, 0) is 12.1 Å². The van der Waals surface area contributed by atoms with Crippen LogP contribution in [0.25, 0.3) is 33.4 Å². The number of alkyl halides is 2. The minimum Gasteiger partial charge on any atom is -0.415 e. The summed E-state index contributed by atoms with van der Waals surface area (Å²) < 4.78 is 31.5. The lowest BCUT2D eigenvalue weighted by Crippen LogP contribution is -2.03. The molecule has 9 heteroatoms. The summed E-state index contributed by atoms with van der Waals surface area (Å²) in [5.41, 5.74) is 3.24. The summed E-state index contributed by atoms with van der Waals surface area (Å²) in [6.07, 6.45) is 6.63. The molecule has 0 aromatic carbocycles. The highest BCUT2D eigenvalue weighted by atomic mass is 19.3. The fourth-order valence-electron chi connectivity index (χ4n) is 2.72. The van der Waals surface area contributed by atoms with Crippen molar-refractivity contribution in [2.45, 2.75) is 6.61 Å². The van der Waals surface area contributed by atoms with E-state index in [9.17, 15) is 8.78 Å². The summed E-state index contributed by atoms with van der Waals surface area (Å²) in [4.78, 5) is 7.50. The first kappa shape index (κ1) is 14.4. The van der Waals surface area contributed by atoms with Crippen LogP contribution in [-0.2, 0) is 7.05 Å². The van der Waals surface area contributed by atoms with Crippen molar-refractivity contribution in [1.29, 1.82) is 0 Å². The molecule has 0 aliphatic rings. The molecule has 4 aromatic rings. The standard InChI is InChI=1S/C15H12F2N6O/c1-23-7-10(14(22-23)24-15(16)17)11-9-3-2-4-18-13(9)21-12(11)8-5-19-20-6-8/h2-7,15H,1H3,(H,18,21)(H,19,20). The zero-order chi connectivity index (χ0) is 16.7. The Balaban J connectivity index is 2.01. The Kier molecular flexibility index (Phi) is 3.26. The van der Waals surface area contributed by atoms with E-state index >= 15 is 0 Å². The van der Waals surface area contributed by atoms with Crippen LogP contribution in [0.1, 0.15) is 0 Å². The van der Waals surface area contributed by atoms with Crippen LogP contribution in [0.4, 0.5) is 8.78 Å². The number of hydrogen-bond acceptors (Lipinski definition) is 4. The lowest BCUT2D eigenvalue weighted by molar-refractivity contribution is -0.0527. The number of aromatic amines is 2. The molecule has 0 radical (unpaired) electrons. The molecule has 0 spiro atoms. The van der Waals surface area contributed by atoms with E-state index in [1.807, 2.05) is 6.07 Å². The van der Waals surface area contributed by atoms with Crippen molar-refractivity contribution in [3.63, 3.8) is 0 Å². The molecule has 0 atom stereocenters. The highest BCUT2D eigenvalue weighted by molar-refractivity contribution is 6.03. The highest BCUT2D eigenvalue weighted by Crippen LogP contribution is 2.41. The number of aryl methyl sites for hydroxylation is 1. The lowest BCUT2D eigenvalue weighted by Gasteiger charge is -2.05. The first-order valence-corrected chi connectivity index (χ1v) is 7.08. The van der Waals surface area contributed by atoms with Crippen LogP contribution in [-0.4, -0.2) is 36.6 Å². The van der Waals surface area contributed by atoms with Gasteiger partial charge in [-0.1, -0.05) is 0 Å². The number of fused-ring (bicyclic) bond motifs is 1. The van der Waals surface area contributed by atoms with Gasteiger partial charge in [-0.2, -0.15) is 13.9 Å². The minimum atomic E-state index is -2.96. The maximum absolute atomic E-state index is 12.7. The number of rotatable bonds is 4. The fraction of sp³-hybridized carbons (Fsp3) is 0.133. The molecule has 0 bridgehead atoms. The van der Waals surface area contributed by atoms with E-state index < -0.39 is 6.61 Å². The van der Waals surface area contributed by atoms with E-state index in [2.05, 4.69) is 30.0 Å². The van der Waals surface area contributed by atoms with Gasteiger partial charge in [0.2, 0.25) is 5.88 Å². The van der Waals surface area contributed by atoms with E-state index in [4.69, 9.17) is 0 Å². The zero-order valence-electron chi connectivity index (χ0n) is 12.5. The van der Waals surface area contributed by atoms with Gasteiger partial charge in [-0.15, -0.1) is 5.10 Å². The Morgan fingerprint density at radius 3 is 2.96 bits per heavy atom. The van der Waals surface area contributed by atoms with Gasteiger partial charge in [0.15, 0.2) is 0 Å². The third-order valence-electron chi connectivity index (χ3n) is 3.62. The predicted molar refractivity (Wildman–Crippen MR) is 82.5 cm³/mol. The van der Waals surface area contributed by atoms with Crippen LogP contribution in [0.15, 0.2) is 36.9 Å². The molecule has 24 heavy (non-hydrogen) atoms. The average molecular weight is 330 g/mol. The average Bonchev–Trinajstić information content (AvgIpc) is 3.24. The Hall–Kier alpha value is -3.23. The third-order valence-corrected chi connectivity index (χ3v) is 3.62. The minimum absolute atomic E-state index is 0.137. The van der Waals surface area contributed by atoms with E-state index in [1.165, 1.54) is 4.68 Å². The number of H-pyrrole nitrogens is 2. The topological polar surface area (TPSA) is 84.4 Å². The summed E-state index contributed by atoms with van der Waals surface area (Å²) in [5.74, 6) is -0.137. The number of pyridine rings is 1. The molecule has 4 rings (SSSR count). The third kappa shape index (κ3) is 2.30. The van der Waals surface area contributed by atoms with Gasteiger partial charge in [0.25, 0.3) is 0 Å². The van der Waals surface area contributed by atoms with Gasteiger partial charge in [-0.3, -0.25) is 9.78 Å². The van der Waals surface area contributed by atoms with Crippen LogP contribution >= 0.6 is 0 Å². The summed E-state index contributed by atoms with van der Waals surface area (Å²) >= 11 is 0. The van der Waals surface area contributed by atoms with Crippen LogP contribution in [0, 0.1) is 0 Å². The van der Waals surface area contributed by atoms with Crippen LogP contribution in [0.2, 0.25) is 0 Å². The molecule has 4 heterocycles. The molecule has 0 aliphatic heterocycles. The van der Waals surface area contributed by atoms with Gasteiger partial charge >= 0.3 is 6.61 Å². The van der Waals surface area contributed by atoms with Gasteiger partial charge in [0.1, 0.15) is 5.65 Å². The second kappa shape index (κ2) is 5.44. The number of nitrogens with one attached hydrogen (secondary N) is 2. The Morgan fingerprint density at radius 1 is 1.33 bits per heavy atom. The molecular weight excluding hydrogens is 318 g/mol. The van der Waals surface area contributed by atoms with E-state index in [1.54, 1.807) is 37.9 Å². The van der Waals surface area contributed by atoms with Gasteiger partial charge in [-0.25, -0.2) is 4.98 Å². The Labute approximate surface area is 134 Å². The lowest BCUT2D eigenvalue weighted by atomic mass is 10.0. The summed E-state index contributed by atoms with van der Waals surface area (Å²) in [6, 6.07) is 3.64. The van der Waals surface area contributed by atoms with Gasteiger partial charge in [0.05, 0.1) is 17.5 Å². The smallest absolute Gasteiger partial charge is 0.388 e. The first-order valence-electron chi connectivity index (χ1n) is 7.08. The Morgan fingerprint density at radius 2 is 2.21 bits per heavy atom. The summed E-state index contributed by atoms with van der Waals surface area (Å²) in [5, 5.41) is 11.5. The SMILES string of the molecule is Cn1cc(-c2c(-c3cn[nH]c3)[nH]c3ncccc23)c(OC(F)F)n1. The molecule has 2 N–H and O–H groups in total. The quantitative estimate of drug-likeness (QED) is 0.602. The fourth-order valence-corrected chi connectivity index (χ4v) is 2.72. The predicted octanol–water partition coefficient (Wildman–Crippen LogP) is 2.95. The van der Waals surface area contributed by atoms with E-state index in [0.717, 1.165) is 10.9 Å². The van der Waals surface area contributed by atoms with Crippen LogP contribution in [0.3, 0.4) is 0 Å². The van der Waals surface area contributed by atoms with Gasteiger partial charge < -0.3 is 9.72 Å². The number of halogens is 2. The molecule has 4 aromatic heterocycles. The van der Waals surface area contributed by atoms with E-state index in [-0.39, 0.29) is 5.88 Å². The number of aromatic nitrogens is 6. The second-order valence-electron chi connectivity index (χ2n) is 5.16. The number of ether oxygens (including phenoxy) is 1. The van der Waals surface area contributed by atoms with Crippen molar-refractivity contribution in [3.8, 4) is 28.3 Å². The second-order valence-corrected chi connectivity index (χ2v) is 5.16.